The first-order chi connectivity index (χ1) is 16.9. The first-order valence-corrected chi connectivity index (χ1v) is 10.6. The zero-order valence-electron chi connectivity index (χ0n) is 19.4. The van der Waals surface area contributed by atoms with Crippen LogP contribution in [0.15, 0.2) is 48.9 Å². The van der Waals surface area contributed by atoms with E-state index in [1.165, 1.54) is 15.8 Å². The minimum atomic E-state index is -0.924. The van der Waals surface area contributed by atoms with Crippen LogP contribution in [0.4, 0.5) is 10.2 Å². The molecule has 0 saturated heterocycles. The molecule has 4 aromatic rings. The van der Waals surface area contributed by atoms with Crippen molar-refractivity contribution in [2.24, 2.45) is 7.05 Å². The van der Waals surface area contributed by atoms with E-state index in [-0.39, 0.29) is 23.0 Å². The van der Waals surface area contributed by atoms with Crippen LogP contribution in [-0.4, -0.2) is 75.0 Å². The van der Waals surface area contributed by atoms with Crippen LogP contribution >= 0.6 is 0 Å². The summed E-state index contributed by atoms with van der Waals surface area (Å²) in [6.45, 7) is -0.186. The number of benzene rings is 1. The van der Waals surface area contributed by atoms with Gasteiger partial charge in [0.1, 0.15) is 17.3 Å². The van der Waals surface area contributed by atoms with Gasteiger partial charge in [0, 0.05) is 45.7 Å². The summed E-state index contributed by atoms with van der Waals surface area (Å²) in [6, 6.07) is 8.50. The predicted octanol–water partition coefficient (Wildman–Crippen LogP) is 2.41. The van der Waals surface area contributed by atoms with E-state index in [1.807, 2.05) is 6.07 Å². The van der Waals surface area contributed by atoms with Crippen LogP contribution in [0.1, 0.15) is 20.8 Å². The number of methoxy groups -OCH3 is 1. The van der Waals surface area contributed by atoms with Crippen LogP contribution < -0.4 is 10.1 Å². The smallest absolute Gasteiger partial charge is 0.275 e. The van der Waals surface area contributed by atoms with Gasteiger partial charge in [0.2, 0.25) is 12.6 Å². The molecule has 0 unspecified atom stereocenters. The van der Waals surface area contributed by atoms with E-state index in [4.69, 9.17) is 9.47 Å². The van der Waals surface area contributed by atoms with Crippen molar-refractivity contribution in [1.82, 2.24) is 29.0 Å². The Kier molecular flexibility index (Phi) is 7.01. The second kappa shape index (κ2) is 10.3. The molecule has 0 fully saturated rings. The van der Waals surface area contributed by atoms with E-state index < -0.39 is 12.8 Å². The molecule has 0 bridgehead atoms. The molecule has 1 aromatic carbocycles. The van der Waals surface area contributed by atoms with Crippen molar-refractivity contribution >= 4 is 23.4 Å². The summed E-state index contributed by atoms with van der Waals surface area (Å²) in [5.41, 5.74) is 1.60. The molecule has 2 amide bonds. The van der Waals surface area contributed by atoms with Gasteiger partial charge < -0.3 is 19.7 Å². The fourth-order valence-corrected chi connectivity index (χ4v) is 3.46. The molecule has 182 valence electrons. The maximum absolute atomic E-state index is 13.0. The number of hydrogen-bond donors (Lipinski definition) is 1. The predicted molar refractivity (Wildman–Crippen MR) is 125 cm³/mol. The summed E-state index contributed by atoms with van der Waals surface area (Å²) >= 11 is 0. The van der Waals surface area contributed by atoms with E-state index in [2.05, 4.69) is 20.4 Å². The van der Waals surface area contributed by atoms with Gasteiger partial charge in [0.25, 0.3) is 11.8 Å². The minimum absolute atomic E-state index is 0.106. The molecule has 0 atom stereocenters. The monoisotopic (exact) mass is 481 g/mol. The Hall–Kier alpha value is -4.32. The molecule has 1 N–H and O–H groups in total. The number of alkyl halides is 1. The lowest BCUT2D eigenvalue weighted by atomic mass is 10.1. The van der Waals surface area contributed by atoms with Crippen LogP contribution in [0.2, 0.25) is 0 Å². The summed E-state index contributed by atoms with van der Waals surface area (Å²) in [6.07, 6.45) is 4.82. The molecule has 4 rings (SSSR count). The number of ether oxygens (including phenoxy) is 2. The first-order valence-electron chi connectivity index (χ1n) is 10.6. The molecule has 35 heavy (non-hydrogen) atoms. The maximum Gasteiger partial charge on any atom is 0.275 e. The van der Waals surface area contributed by atoms with Crippen LogP contribution in [0.5, 0.6) is 5.75 Å². The fourth-order valence-electron chi connectivity index (χ4n) is 3.46. The van der Waals surface area contributed by atoms with Gasteiger partial charge in [-0.3, -0.25) is 18.7 Å². The van der Waals surface area contributed by atoms with Crippen molar-refractivity contribution in [2.45, 2.75) is 0 Å². The topological polar surface area (TPSA) is 116 Å². The van der Waals surface area contributed by atoms with Crippen molar-refractivity contribution in [1.29, 1.82) is 0 Å². The van der Waals surface area contributed by atoms with Gasteiger partial charge in [-0.25, -0.2) is 9.37 Å². The zero-order valence-corrected chi connectivity index (χ0v) is 19.4. The number of imidazole rings is 1. The second-order valence-corrected chi connectivity index (χ2v) is 7.63. The molecular weight excluding hydrogens is 457 g/mol. The third-order valence-electron chi connectivity index (χ3n) is 5.28. The summed E-state index contributed by atoms with van der Waals surface area (Å²) in [7, 11) is 4.76. The van der Waals surface area contributed by atoms with Crippen molar-refractivity contribution in [3.63, 3.8) is 0 Å². The molecule has 3 heterocycles. The second-order valence-electron chi connectivity index (χ2n) is 7.63. The number of aromatic nitrogens is 5. The number of aryl methyl sites for hydroxylation is 1. The van der Waals surface area contributed by atoms with Gasteiger partial charge in [-0.2, -0.15) is 10.1 Å². The van der Waals surface area contributed by atoms with Gasteiger partial charge >= 0.3 is 0 Å². The van der Waals surface area contributed by atoms with Crippen LogP contribution in [-0.2, 0) is 11.8 Å². The molecule has 0 spiro atoms. The van der Waals surface area contributed by atoms with E-state index >= 15 is 0 Å². The Morgan fingerprint density at radius 1 is 1.23 bits per heavy atom. The van der Waals surface area contributed by atoms with Crippen LogP contribution in [0.3, 0.4) is 0 Å². The molecule has 0 aliphatic rings. The lowest BCUT2D eigenvalue weighted by Crippen LogP contribution is -2.31. The van der Waals surface area contributed by atoms with Crippen LogP contribution in [0.25, 0.3) is 17.0 Å². The van der Waals surface area contributed by atoms with E-state index in [0.717, 1.165) is 5.56 Å². The normalized spacial score (nSPS) is 11.0. The summed E-state index contributed by atoms with van der Waals surface area (Å²) in [4.78, 5) is 36.2. The fraction of sp³-hybridized carbons (Fsp3) is 0.261. The Morgan fingerprint density at radius 2 is 2.06 bits per heavy atom. The number of anilines is 1. The molecule has 11 nitrogen and oxygen atoms in total. The largest absolute Gasteiger partial charge is 0.463 e. The highest BCUT2D eigenvalue weighted by Gasteiger charge is 2.25. The highest BCUT2D eigenvalue weighted by molar-refractivity contribution is 6.10. The average Bonchev–Trinajstić information content (AvgIpc) is 3.45. The van der Waals surface area contributed by atoms with E-state index in [0.29, 0.717) is 30.4 Å². The van der Waals surface area contributed by atoms with Gasteiger partial charge in [-0.05, 0) is 18.2 Å². The number of rotatable bonds is 9. The number of hydrogen-bond acceptors (Lipinski definition) is 7. The summed E-state index contributed by atoms with van der Waals surface area (Å²) in [5.74, 6) is 0.0999. The first kappa shape index (κ1) is 23.8. The third kappa shape index (κ3) is 5.11. The molecular formula is C23H24FN7O4. The van der Waals surface area contributed by atoms with Crippen molar-refractivity contribution in [3.05, 3.63) is 60.2 Å². The lowest BCUT2D eigenvalue weighted by molar-refractivity contribution is 0.0740. The molecule has 0 aliphatic heterocycles. The van der Waals surface area contributed by atoms with Gasteiger partial charge in [0.05, 0.1) is 24.1 Å². The number of nitrogens with one attached hydrogen (secondary N) is 1. The summed E-state index contributed by atoms with van der Waals surface area (Å²) in [5, 5.41) is 6.78. The Morgan fingerprint density at radius 3 is 2.83 bits per heavy atom. The van der Waals surface area contributed by atoms with Gasteiger partial charge in [-0.1, -0.05) is 12.1 Å². The maximum atomic E-state index is 13.0. The lowest BCUT2D eigenvalue weighted by Gasteiger charge is -2.16. The molecule has 0 saturated carbocycles. The highest BCUT2D eigenvalue weighted by atomic mass is 19.1. The number of likely N-dealkylation sites (N-methyl/N-ethyl adjacent to an activating group) is 1. The average molecular weight is 481 g/mol. The molecule has 3 aromatic heterocycles. The van der Waals surface area contributed by atoms with Gasteiger partial charge in [-0.15, -0.1) is 0 Å². The van der Waals surface area contributed by atoms with Crippen molar-refractivity contribution in [3.8, 4) is 17.0 Å². The Labute approximate surface area is 200 Å². The van der Waals surface area contributed by atoms with E-state index in [9.17, 15) is 14.0 Å². The van der Waals surface area contributed by atoms with Crippen LogP contribution in [0, 0.1) is 0 Å². The number of amides is 2. The van der Waals surface area contributed by atoms with E-state index in [1.54, 1.807) is 62.3 Å². The Bertz CT molecular complexity index is 1370. The highest BCUT2D eigenvalue weighted by Crippen LogP contribution is 2.24. The number of fused-ring (bicyclic) bond motifs is 1. The number of nitrogens with zero attached hydrogens (tertiary/aromatic N) is 6. The quantitative estimate of drug-likeness (QED) is 0.390. The molecule has 0 radical (unpaired) electrons. The van der Waals surface area contributed by atoms with Crippen molar-refractivity contribution < 1.29 is 23.5 Å². The molecule has 0 aliphatic carbocycles. The number of carbonyl (C=O) groups is 2. The third-order valence-corrected chi connectivity index (χ3v) is 5.28. The van der Waals surface area contributed by atoms with Crippen molar-refractivity contribution in [2.75, 3.05) is 39.5 Å². The Balaban J connectivity index is 1.56. The zero-order chi connectivity index (χ0) is 24.9. The van der Waals surface area contributed by atoms with Gasteiger partial charge in [0.15, 0.2) is 0 Å². The SMILES string of the molecule is COCCN(C)C(=O)c1cnn(C)c1C(=O)Nc1ccn2cc(-c3cccc(OCF)c3)nc2n1. The number of halogens is 1. The molecule has 12 heteroatoms. The standard InChI is InChI=1S/C23H24FN7O4/c1-29(9-10-34-3)22(33)17-12-25-30(2)20(17)21(32)27-19-7-8-31-13-18(26-23(31)28-19)15-5-4-6-16(11-15)35-14-24/h4-8,11-13H,9-10,14H2,1-3H3,(H,26,27,28,32). The number of carbonyl (C=O) groups excluding carboxylic acids is 2. The minimum Gasteiger partial charge on any atom is -0.463 e. The summed E-state index contributed by atoms with van der Waals surface area (Å²) < 4.78 is 25.4.